The molecule has 5 atom stereocenters. The standard InChI is InChI=1S/C14H24O2/c1-13(2)8-10-9(13)4-5-11-12(16-11)6-7-14(10,3)15/h9-12,15H,4-8H2,1-3H3/t9-,10+,11?,12?,14+/m1/s1. The third kappa shape index (κ3) is 1.62. The Hall–Kier alpha value is -0.0800. The highest BCUT2D eigenvalue weighted by atomic mass is 16.6. The minimum Gasteiger partial charge on any atom is -0.390 e. The normalized spacial score (nSPS) is 54.8. The smallest absolute Gasteiger partial charge is 0.0843 e. The molecule has 1 aliphatic heterocycles. The van der Waals surface area contributed by atoms with Crippen molar-refractivity contribution in [3.63, 3.8) is 0 Å². The van der Waals surface area contributed by atoms with Crippen molar-refractivity contribution in [2.45, 2.75) is 70.7 Å². The molecule has 2 heteroatoms. The van der Waals surface area contributed by atoms with Crippen LogP contribution in [0, 0.1) is 17.3 Å². The number of rotatable bonds is 0. The van der Waals surface area contributed by atoms with Crippen molar-refractivity contribution in [3.05, 3.63) is 0 Å². The van der Waals surface area contributed by atoms with Gasteiger partial charge in [0.05, 0.1) is 17.8 Å². The van der Waals surface area contributed by atoms with E-state index in [1.54, 1.807) is 0 Å². The largest absolute Gasteiger partial charge is 0.390 e. The van der Waals surface area contributed by atoms with Gasteiger partial charge in [0.2, 0.25) is 0 Å². The first-order valence-electron chi connectivity index (χ1n) is 6.78. The lowest BCUT2D eigenvalue weighted by Crippen LogP contribution is -2.54. The van der Waals surface area contributed by atoms with Gasteiger partial charge in [-0.15, -0.1) is 0 Å². The van der Waals surface area contributed by atoms with E-state index in [-0.39, 0.29) is 0 Å². The van der Waals surface area contributed by atoms with Gasteiger partial charge in [0.25, 0.3) is 0 Å². The Morgan fingerprint density at radius 2 is 1.69 bits per heavy atom. The van der Waals surface area contributed by atoms with Gasteiger partial charge in [0.15, 0.2) is 0 Å². The molecule has 2 unspecified atom stereocenters. The van der Waals surface area contributed by atoms with E-state index in [9.17, 15) is 5.11 Å². The van der Waals surface area contributed by atoms with E-state index in [2.05, 4.69) is 13.8 Å². The number of hydrogen-bond acceptors (Lipinski definition) is 2. The number of hydrogen-bond donors (Lipinski definition) is 1. The molecule has 1 saturated heterocycles. The van der Waals surface area contributed by atoms with Crippen LogP contribution in [-0.4, -0.2) is 22.9 Å². The topological polar surface area (TPSA) is 32.8 Å². The van der Waals surface area contributed by atoms with E-state index in [1.807, 2.05) is 6.92 Å². The molecule has 1 heterocycles. The van der Waals surface area contributed by atoms with E-state index < -0.39 is 5.60 Å². The summed E-state index contributed by atoms with van der Waals surface area (Å²) in [6, 6.07) is 0. The van der Waals surface area contributed by atoms with E-state index in [0.717, 1.165) is 12.8 Å². The molecule has 0 aromatic rings. The third-order valence-corrected chi connectivity index (χ3v) is 5.42. The lowest BCUT2D eigenvalue weighted by molar-refractivity contribution is -0.144. The van der Waals surface area contributed by atoms with Gasteiger partial charge < -0.3 is 9.84 Å². The Morgan fingerprint density at radius 3 is 2.38 bits per heavy atom. The Morgan fingerprint density at radius 1 is 1.00 bits per heavy atom. The van der Waals surface area contributed by atoms with Crippen molar-refractivity contribution < 1.29 is 9.84 Å². The predicted molar refractivity (Wildman–Crippen MR) is 63.1 cm³/mol. The number of epoxide rings is 1. The molecule has 0 amide bonds. The van der Waals surface area contributed by atoms with Crippen molar-refractivity contribution in [1.82, 2.24) is 0 Å². The van der Waals surface area contributed by atoms with Crippen molar-refractivity contribution >= 4 is 0 Å². The second kappa shape index (κ2) is 3.23. The minimum atomic E-state index is -0.457. The molecule has 2 nitrogen and oxygen atoms in total. The second-order valence-electron chi connectivity index (χ2n) is 7.09. The number of ether oxygens (including phenoxy) is 1. The summed E-state index contributed by atoms with van der Waals surface area (Å²) in [6.45, 7) is 6.75. The monoisotopic (exact) mass is 224 g/mol. The quantitative estimate of drug-likeness (QED) is 0.642. The fraction of sp³-hybridized carbons (Fsp3) is 1.00. The van der Waals surface area contributed by atoms with Crippen LogP contribution in [-0.2, 0) is 4.74 Å². The molecule has 0 radical (unpaired) electrons. The average Bonchev–Trinajstić information content (AvgIpc) is 2.90. The van der Waals surface area contributed by atoms with Gasteiger partial charge in [0, 0.05) is 0 Å². The first-order chi connectivity index (χ1) is 7.40. The fourth-order valence-corrected chi connectivity index (χ4v) is 4.14. The van der Waals surface area contributed by atoms with Crippen LogP contribution in [0.15, 0.2) is 0 Å². The highest BCUT2D eigenvalue weighted by Gasteiger charge is 2.56. The first-order valence-corrected chi connectivity index (χ1v) is 6.78. The van der Waals surface area contributed by atoms with Gasteiger partial charge in [-0.05, 0) is 56.3 Å². The molecule has 3 fully saturated rings. The van der Waals surface area contributed by atoms with Crippen LogP contribution in [0.1, 0.15) is 52.9 Å². The fourth-order valence-electron chi connectivity index (χ4n) is 4.14. The summed E-state index contributed by atoms with van der Waals surface area (Å²) in [6.07, 6.45) is 6.62. The maximum Gasteiger partial charge on any atom is 0.0843 e. The van der Waals surface area contributed by atoms with E-state index >= 15 is 0 Å². The van der Waals surface area contributed by atoms with Crippen LogP contribution in [0.4, 0.5) is 0 Å². The van der Waals surface area contributed by atoms with Crippen molar-refractivity contribution in [3.8, 4) is 0 Å². The molecule has 3 rings (SSSR count). The zero-order valence-electron chi connectivity index (χ0n) is 10.7. The summed E-state index contributed by atoms with van der Waals surface area (Å²) >= 11 is 0. The van der Waals surface area contributed by atoms with Crippen LogP contribution in [0.3, 0.4) is 0 Å². The second-order valence-corrected chi connectivity index (χ2v) is 7.09. The summed E-state index contributed by atoms with van der Waals surface area (Å²) < 4.78 is 5.65. The van der Waals surface area contributed by atoms with E-state index in [1.165, 1.54) is 19.3 Å². The summed E-state index contributed by atoms with van der Waals surface area (Å²) in [4.78, 5) is 0. The molecule has 0 bridgehead atoms. The molecule has 3 aliphatic rings. The predicted octanol–water partition coefficient (Wildman–Crippen LogP) is 2.74. The molecule has 1 N–H and O–H groups in total. The highest BCUT2D eigenvalue weighted by molar-refractivity contribution is 5.05. The maximum atomic E-state index is 10.6. The minimum absolute atomic E-state index is 0.434. The van der Waals surface area contributed by atoms with Gasteiger partial charge in [0.1, 0.15) is 0 Å². The summed E-state index contributed by atoms with van der Waals surface area (Å²) in [5.41, 5.74) is -0.0234. The lowest BCUT2D eigenvalue weighted by atomic mass is 9.50. The Balaban J connectivity index is 1.79. The SMILES string of the molecule is CC1(C)C[C@H]2[C@H]1CCC1OC1CC[C@]2(C)O. The molecule has 92 valence electrons. The van der Waals surface area contributed by atoms with Gasteiger partial charge in [-0.2, -0.15) is 0 Å². The van der Waals surface area contributed by atoms with Crippen LogP contribution >= 0.6 is 0 Å². The number of fused-ring (bicyclic) bond motifs is 2. The van der Waals surface area contributed by atoms with Gasteiger partial charge >= 0.3 is 0 Å². The van der Waals surface area contributed by atoms with Gasteiger partial charge in [-0.25, -0.2) is 0 Å². The first kappa shape index (κ1) is 11.0. The van der Waals surface area contributed by atoms with Crippen LogP contribution in [0.25, 0.3) is 0 Å². The van der Waals surface area contributed by atoms with Gasteiger partial charge in [-0.3, -0.25) is 0 Å². The Kier molecular flexibility index (Phi) is 2.23. The molecule has 2 aliphatic carbocycles. The van der Waals surface area contributed by atoms with Crippen molar-refractivity contribution in [1.29, 1.82) is 0 Å². The van der Waals surface area contributed by atoms with Crippen molar-refractivity contribution in [2.75, 3.05) is 0 Å². The Labute approximate surface area is 98.4 Å². The molecule has 0 spiro atoms. The zero-order valence-corrected chi connectivity index (χ0v) is 10.7. The molecule has 0 aromatic carbocycles. The van der Waals surface area contributed by atoms with E-state index in [4.69, 9.17) is 4.74 Å². The maximum absolute atomic E-state index is 10.6. The molecule has 16 heavy (non-hydrogen) atoms. The summed E-state index contributed by atoms with van der Waals surface area (Å²) in [5.74, 6) is 1.23. The van der Waals surface area contributed by atoms with Crippen LogP contribution < -0.4 is 0 Å². The average molecular weight is 224 g/mol. The lowest BCUT2D eigenvalue weighted by Gasteiger charge is -2.57. The zero-order chi connectivity index (χ0) is 11.6. The summed E-state index contributed by atoms with van der Waals surface area (Å²) in [5, 5.41) is 10.6. The third-order valence-electron chi connectivity index (χ3n) is 5.42. The molecule has 2 saturated carbocycles. The molecular formula is C14H24O2. The molecular weight excluding hydrogens is 200 g/mol. The molecule has 0 aromatic heterocycles. The number of aliphatic hydroxyl groups is 1. The van der Waals surface area contributed by atoms with Crippen molar-refractivity contribution in [2.24, 2.45) is 17.3 Å². The highest BCUT2D eigenvalue weighted by Crippen LogP contribution is 2.59. The van der Waals surface area contributed by atoms with Crippen LogP contribution in [0.2, 0.25) is 0 Å². The summed E-state index contributed by atoms with van der Waals surface area (Å²) in [7, 11) is 0. The van der Waals surface area contributed by atoms with E-state index in [0.29, 0.717) is 29.5 Å². The van der Waals surface area contributed by atoms with Crippen LogP contribution in [0.5, 0.6) is 0 Å². The van der Waals surface area contributed by atoms with Gasteiger partial charge in [-0.1, -0.05) is 13.8 Å². The Bertz CT molecular complexity index is 295.